The lowest BCUT2D eigenvalue weighted by molar-refractivity contribution is -0.140. The van der Waals surface area contributed by atoms with E-state index in [1.165, 1.54) is 12.1 Å². The summed E-state index contributed by atoms with van der Waals surface area (Å²) >= 11 is 0. The molecule has 3 amide bonds. The number of likely N-dealkylation sites (tertiary alicyclic amines) is 1. The predicted octanol–water partition coefficient (Wildman–Crippen LogP) is 2.74. The number of aliphatic hydroxyl groups is 1. The molecule has 182 valence electrons. The molecule has 1 saturated carbocycles. The highest BCUT2D eigenvalue weighted by atomic mass is 19.4. The summed E-state index contributed by atoms with van der Waals surface area (Å²) in [5, 5.41) is 13.6. The van der Waals surface area contributed by atoms with Crippen LogP contribution in [0.4, 0.5) is 18.0 Å². The molecular formula is C23H30F3N3O4. The van der Waals surface area contributed by atoms with Crippen LogP contribution < -0.4 is 5.32 Å². The van der Waals surface area contributed by atoms with Gasteiger partial charge in [0.2, 0.25) is 0 Å². The van der Waals surface area contributed by atoms with Gasteiger partial charge in [-0.1, -0.05) is 12.1 Å². The number of ether oxygens (including phenoxy) is 1. The molecule has 0 radical (unpaired) electrons. The number of hydrogen-bond donors (Lipinski definition) is 2. The van der Waals surface area contributed by atoms with Crippen LogP contribution in [-0.2, 0) is 15.7 Å². The fraction of sp³-hybridized carbons (Fsp3) is 0.652. The van der Waals surface area contributed by atoms with Gasteiger partial charge in [-0.15, -0.1) is 0 Å². The number of alkyl halides is 3. The number of morpholine rings is 1. The zero-order valence-corrected chi connectivity index (χ0v) is 18.4. The molecule has 10 heteroatoms. The van der Waals surface area contributed by atoms with Crippen molar-refractivity contribution >= 4 is 11.9 Å². The number of amides is 3. The molecule has 1 aliphatic carbocycles. The molecule has 3 fully saturated rings. The number of hydrogen-bond acceptors (Lipinski definition) is 4. The van der Waals surface area contributed by atoms with Crippen LogP contribution in [-0.4, -0.2) is 77.9 Å². The van der Waals surface area contributed by atoms with Crippen LogP contribution >= 0.6 is 0 Å². The second-order valence-electron chi connectivity index (χ2n) is 9.25. The van der Waals surface area contributed by atoms with Crippen molar-refractivity contribution in [3.05, 3.63) is 35.4 Å². The van der Waals surface area contributed by atoms with E-state index < -0.39 is 29.3 Å². The molecule has 2 heterocycles. The third kappa shape index (κ3) is 5.43. The Labute approximate surface area is 190 Å². The topological polar surface area (TPSA) is 82.1 Å². The molecule has 2 aliphatic heterocycles. The standard InChI is InChI=1S/C23H30F3N3O4/c24-23(25,26)18-5-3-16(4-6-18)17-13-19(27-20(30)22(32)7-1-2-8-22)15-29(14-17)21(31)28-9-11-33-12-10-28/h3-6,17,19,32H,1-2,7-15H2,(H,27,30). The monoisotopic (exact) mass is 469 g/mol. The molecule has 7 nitrogen and oxygen atoms in total. The number of nitrogens with one attached hydrogen (secondary N) is 1. The average molecular weight is 470 g/mol. The maximum absolute atomic E-state index is 13.2. The van der Waals surface area contributed by atoms with Crippen LogP contribution in [0.2, 0.25) is 0 Å². The van der Waals surface area contributed by atoms with Gasteiger partial charge in [0.25, 0.3) is 5.91 Å². The summed E-state index contributed by atoms with van der Waals surface area (Å²) < 4.78 is 44.3. The molecular weight excluding hydrogens is 439 g/mol. The van der Waals surface area contributed by atoms with Gasteiger partial charge in [0.1, 0.15) is 5.60 Å². The Hall–Kier alpha value is -2.33. The van der Waals surface area contributed by atoms with Crippen molar-refractivity contribution in [1.29, 1.82) is 0 Å². The van der Waals surface area contributed by atoms with E-state index in [0.29, 0.717) is 57.7 Å². The molecule has 2 N–H and O–H groups in total. The minimum absolute atomic E-state index is 0.172. The first-order valence-corrected chi connectivity index (χ1v) is 11.5. The van der Waals surface area contributed by atoms with Gasteiger partial charge in [0.05, 0.1) is 18.8 Å². The molecule has 4 rings (SSSR count). The van der Waals surface area contributed by atoms with Crippen molar-refractivity contribution in [3.8, 4) is 0 Å². The third-order valence-corrected chi connectivity index (χ3v) is 6.90. The van der Waals surface area contributed by atoms with Crippen molar-refractivity contribution in [2.45, 2.75) is 55.8 Å². The number of rotatable bonds is 3. The summed E-state index contributed by atoms with van der Waals surface area (Å²) in [7, 11) is 0. The first kappa shape index (κ1) is 23.8. The predicted molar refractivity (Wildman–Crippen MR) is 114 cm³/mol. The van der Waals surface area contributed by atoms with Crippen molar-refractivity contribution < 1.29 is 32.6 Å². The number of piperidine rings is 1. The smallest absolute Gasteiger partial charge is 0.380 e. The Bertz CT molecular complexity index is 850. The lowest BCUT2D eigenvalue weighted by atomic mass is 9.87. The lowest BCUT2D eigenvalue weighted by Crippen LogP contribution is -2.58. The van der Waals surface area contributed by atoms with Crippen molar-refractivity contribution in [2.24, 2.45) is 0 Å². The molecule has 33 heavy (non-hydrogen) atoms. The number of benzene rings is 1. The molecule has 1 aromatic rings. The van der Waals surface area contributed by atoms with E-state index in [-0.39, 0.29) is 18.5 Å². The molecule has 1 aromatic carbocycles. The van der Waals surface area contributed by atoms with Gasteiger partial charge in [0, 0.05) is 38.1 Å². The molecule has 0 bridgehead atoms. The highest BCUT2D eigenvalue weighted by Gasteiger charge is 2.41. The first-order valence-electron chi connectivity index (χ1n) is 11.5. The van der Waals surface area contributed by atoms with Crippen LogP contribution in [0.15, 0.2) is 24.3 Å². The Balaban J connectivity index is 1.52. The number of halogens is 3. The number of nitrogens with zero attached hydrogens (tertiary/aromatic N) is 2. The fourth-order valence-electron chi connectivity index (χ4n) is 5.01. The molecule has 2 atom stereocenters. The second-order valence-corrected chi connectivity index (χ2v) is 9.25. The van der Waals surface area contributed by atoms with Crippen LogP contribution in [0, 0.1) is 0 Å². The summed E-state index contributed by atoms with van der Waals surface area (Å²) in [5.41, 5.74) is -1.43. The zero-order valence-electron chi connectivity index (χ0n) is 18.4. The van der Waals surface area contributed by atoms with E-state index in [1.54, 1.807) is 9.80 Å². The van der Waals surface area contributed by atoms with Gasteiger partial charge in [-0.3, -0.25) is 4.79 Å². The van der Waals surface area contributed by atoms with Gasteiger partial charge in [0.15, 0.2) is 0 Å². The Morgan fingerprint density at radius 3 is 2.27 bits per heavy atom. The Morgan fingerprint density at radius 1 is 1.03 bits per heavy atom. The summed E-state index contributed by atoms with van der Waals surface area (Å²) in [6.07, 6.45) is -1.57. The van der Waals surface area contributed by atoms with E-state index >= 15 is 0 Å². The van der Waals surface area contributed by atoms with E-state index in [4.69, 9.17) is 4.74 Å². The van der Waals surface area contributed by atoms with Crippen molar-refractivity contribution in [1.82, 2.24) is 15.1 Å². The van der Waals surface area contributed by atoms with Crippen molar-refractivity contribution in [2.75, 3.05) is 39.4 Å². The zero-order chi connectivity index (χ0) is 23.6. The summed E-state index contributed by atoms with van der Waals surface area (Å²) in [6, 6.07) is 4.40. The summed E-state index contributed by atoms with van der Waals surface area (Å²) in [4.78, 5) is 29.3. The summed E-state index contributed by atoms with van der Waals surface area (Å²) in [5.74, 6) is -0.675. The van der Waals surface area contributed by atoms with Crippen LogP contribution in [0.25, 0.3) is 0 Å². The quantitative estimate of drug-likeness (QED) is 0.713. The Morgan fingerprint density at radius 2 is 1.67 bits per heavy atom. The van der Waals surface area contributed by atoms with Crippen molar-refractivity contribution in [3.63, 3.8) is 0 Å². The maximum atomic E-state index is 13.2. The first-order chi connectivity index (χ1) is 15.7. The van der Waals surface area contributed by atoms with Gasteiger partial charge >= 0.3 is 12.2 Å². The average Bonchev–Trinajstić information content (AvgIpc) is 3.26. The SMILES string of the molecule is O=C(N1CCOCC1)N1CC(NC(=O)C2(O)CCCC2)CC(c2ccc(C(F)(F)F)cc2)C1. The van der Waals surface area contributed by atoms with Gasteiger partial charge < -0.3 is 25.0 Å². The third-order valence-electron chi connectivity index (χ3n) is 6.90. The highest BCUT2D eigenvalue weighted by molar-refractivity contribution is 5.85. The van der Waals surface area contributed by atoms with Crippen LogP contribution in [0.1, 0.15) is 49.1 Å². The maximum Gasteiger partial charge on any atom is 0.416 e. The number of carbonyl (C=O) groups is 2. The molecule has 2 saturated heterocycles. The van der Waals surface area contributed by atoms with Crippen LogP contribution in [0.3, 0.4) is 0 Å². The second kappa shape index (κ2) is 9.50. The highest BCUT2D eigenvalue weighted by Crippen LogP contribution is 2.34. The van der Waals surface area contributed by atoms with E-state index in [1.807, 2.05) is 0 Å². The Kier molecular flexibility index (Phi) is 6.86. The van der Waals surface area contributed by atoms with E-state index in [0.717, 1.165) is 25.0 Å². The molecule has 2 unspecified atom stereocenters. The van der Waals surface area contributed by atoms with Gasteiger partial charge in [-0.2, -0.15) is 13.2 Å². The number of urea groups is 1. The molecule has 0 aromatic heterocycles. The minimum Gasteiger partial charge on any atom is -0.380 e. The molecule has 0 spiro atoms. The normalized spacial score (nSPS) is 25.7. The summed E-state index contributed by atoms with van der Waals surface area (Å²) in [6.45, 7) is 2.48. The number of carbonyl (C=O) groups excluding carboxylic acids is 2. The largest absolute Gasteiger partial charge is 0.416 e. The van der Waals surface area contributed by atoms with E-state index in [9.17, 15) is 27.9 Å². The van der Waals surface area contributed by atoms with Crippen LogP contribution in [0.5, 0.6) is 0 Å². The molecule has 3 aliphatic rings. The van der Waals surface area contributed by atoms with E-state index in [2.05, 4.69) is 5.32 Å². The lowest BCUT2D eigenvalue weighted by Gasteiger charge is -2.41. The van der Waals surface area contributed by atoms with Gasteiger partial charge in [-0.05, 0) is 49.8 Å². The fourth-order valence-corrected chi connectivity index (χ4v) is 5.01. The minimum atomic E-state index is -4.42. The van der Waals surface area contributed by atoms with Gasteiger partial charge in [-0.25, -0.2) is 4.79 Å².